The van der Waals surface area contributed by atoms with E-state index in [0.29, 0.717) is 11.3 Å². The van der Waals surface area contributed by atoms with Crippen molar-refractivity contribution in [3.63, 3.8) is 0 Å². The van der Waals surface area contributed by atoms with Crippen LogP contribution in [0.1, 0.15) is 49.9 Å². The SMILES string of the molecule is CCCC(CCC)C(=O)c1cc(F)ccc1OC. The van der Waals surface area contributed by atoms with E-state index in [1.165, 1.54) is 25.3 Å². The summed E-state index contributed by atoms with van der Waals surface area (Å²) in [6.07, 6.45) is 3.58. The Morgan fingerprint density at radius 3 is 2.39 bits per heavy atom. The second-order valence-electron chi connectivity index (χ2n) is 4.48. The maximum Gasteiger partial charge on any atom is 0.169 e. The molecular formula is C15H21FO2. The van der Waals surface area contributed by atoms with Crippen LogP contribution in [0.25, 0.3) is 0 Å². The maximum atomic E-state index is 13.3. The van der Waals surface area contributed by atoms with Crippen molar-refractivity contribution in [3.8, 4) is 5.75 Å². The average molecular weight is 252 g/mol. The van der Waals surface area contributed by atoms with Crippen molar-refractivity contribution in [2.75, 3.05) is 7.11 Å². The molecule has 0 spiro atoms. The van der Waals surface area contributed by atoms with Gasteiger partial charge in [-0.2, -0.15) is 0 Å². The van der Waals surface area contributed by atoms with Gasteiger partial charge in [-0.15, -0.1) is 0 Å². The summed E-state index contributed by atoms with van der Waals surface area (Å²) in [6, 6.07) is 4.10. The Morgan fingerprint density at radius 2 is 1.89 bits per heavy atom. The lowest BCUT2D eigenvalue weighted by Crippen LogP contribution is -2.16. The highest BCUT2D eigenvalue weighted by Gasteiger charge is 2.22. The first-order valence-corrected chi connectivity index (χ1v) is 6.51. The lowest BCUT2D eigenvalue weighted by atomic mass is 9.89. The number of carbonyl (C=O) groups is 1. The Balaban J connectivity index is 3.02. The van der Waals surface area contributed by atoms with Gasteiger partial charge in [-0.3, -0.25) is 4.79 Å². The molecular weight excluding hydrogens is 231 g/mol. The number of ether oxygens (including phenoxy) is 1. The molecule has 0 aliphatic rings. The molecule has 0 unspecified atom stereocenters. The number of halogens is 1. The Morgan fingerprint density at radius 1 is 1.28 bits per heavy atom. The molecule has 0 heterocycles. The minimum atomic E-state index is -0.397. The predicted octanol–water partition coefficient (Wildman–Crippen LogP) is 4.23. The Kier molecular flexibility index (Phi) is 5.83. The van der Waals surface area contributed by atoms with E-state index in [1.807, 2.05) is 0 Å². The summed E-state index contributed by atoms with van der Waals surface area (Å²) in [5.74, 6) is 0.0234. The van der Waals surface area contributed by atoms with E-state index >= 15 is 0 Å². The molecule has 0 fully saturated rings. The van der Waals surface area contributed by atoms with E-state index in [0.717, 1.165) is 25.7 Å². The Bertz CT molecular complexity index is 395. The zero-order valence-electron chi connectivity index (χ0n) is 11.3. The van der Waals surface area contributed by atoms with Crippen LogP contribution in [-0.2, 0) is 0 Å². The molecule has 0 amide bonds. The van der Waals surface area contributed by atoms with Gasteiger partial charge in [-0.05, 0) is 31.0 Å². The highest BCUT2D eigenvalue weighted by Crippen LogP contribution is 2.26. The minimum Gasteiger partial charge on any atom is -0.496 e. The summed E-state index contributed by atoms with van der Waals surface area (Å²) in [4.78, 5) is 12.4. The van der Waals surface area contributed by atoms with Crippen LogP contribution in [0.4, 0.5) is 4.39 Å². The average Bonchev–Trinajstić information content (AvgIpc) is 2.37. The molecule has 1 aromatic rings. The number of benzene rings is 1. The molecule has 0 saturated carbocycles. The summed E-state index contributed by atoms with van der Waals surface area (Å²) in [7, 11) is 1.50. The zero-order valence-corrected chi connectivity index (χ0v) is 11.3. The molecule has 0 saturated heterocycles. The highest BCUT2D eigenvalue weighted by atomic mass is 19.1. The van der Waals surface area contributed by atoms with Crippen LogP contribution in [0.3, 0.4) is 0 Å². The van der Waals surface area contributed by atoms with Crippen LogP contribution in [0.15, 0.2) is 18.2 Å². The van der Waals surface area contributed by atoms with E-state index in [4.69, 9.17) is 4.74 Å². The molecule has 0 aromatic heterocycles. The molecule has 2 nitrogen and oxygen atoms in total. The Hall–Kier alpha value is -1.38. The van der Waals surface area contributed by atoms with Gasteiger partial charge in [-0.25, -0.2) is 4.39 Å². The Labute approximate surface area is 108 Å². The van der Waals surface area contributed by atoms with Crippen LogP contribution in [0.5, 0.6) is 5.75 Å². The van der Waals surface area contributed by atoms with E-state index in [1.54, 1.807) is 0 Å². The second-order valence-corrected chi connectivity index (χ2v) is 4.48. The number of hydrogen-bond donors (Lipinski definition) is 0. The van der Waals surface area contributed by atoms with Crippen molar-refractivity contribution in [2.45, 2.75) is 39.5 Å². The summed E-state index contributed by atoms with van der Waals surface area (Å²) < 4.78 is 18.4. The van der Waals surface area contributed by atoms with Crippen LogP contribution < -0.4 is 4.74 Å². The topological polar surface area (TPSA) is 26.3 Å². The third kappa shape index (κ3) is 3.56. The van der Waals surface area contributed by atoms with Crippen LogP contribution >= 0.6 is 0 Å². The third-order valence-corrected chi connectivity index (χ3v) is 3.07. The van der Waals surface area contributed by atoms with Gasteiger partial charge in [0.1, 0.15) is 11.6 Å². The lowest BCUT2D eigenvalue weighted by Gasteiger charge is -2.16. The van der Waals surface area contributed by atoms with Crippen LogP contribution in [-0.4, -0.2) is 12.9 Å². The van der Waals surface area contributed by atoms with E-state index in [-0.39, 0.29) is 11.7 Å². The van der Waals surface area contributed by atoms with Crippen molar-refractivity contribution in [1.29, 1.82) is 0 Å². The van der Waals surface area contributed by atoms with Gasteiger partial charge in [0.2, 0.25) is 0 Å². The fourth-order valence-corrected chi connectivity index (χ4v) is 2.20. The van der Waals surface area contributed by atoms with Crippen LogP contribution in [0, 0.1) is 11.7 Å². The van der Waals surface area contributed by atoms with Crippen molar-refractivity contribution in [1.82, 2.24) is 0 Å². The fraction of sp³-hybridized carbons (Fsp3) is 0.533. The van der Waals surface area contributed by atoms with Crippen molar-refractivity contribution in [3.05, 3.63) is 29.6 Å². The third-order valence-electron chi connectivity index (χ3n) is 3.07. The molecule has 1 aromatic carbocycles. The van der Waals surface area contributed by atoms with Gasteiger partial charge >= 0.3 is 0 Å². The van der Waals surface area contributed by atoms with E-state index in [9.17, 15) is 9.18 Å². The largest absolute Gasteiger partial charge is 0.496 e. The molecule has 18 heavy (non-hydrogen) atoms. The van der Waals surface area contributed by atoms with E-state index in [2.05, 4.69) is 13.8 Å². The number of hydrogen-bond acceptors (Lipinski definition) is 2. The zero-order chi connectivity index (χ0) is 13.5. The smallest absolute Gasteiger partial charge is 0.169 e. The first kappa shape index (κ1) is 14.7. The van der Waals surface area contributed by atoms with Gasteiger partial charge in [0.05, 0.1) is 12.7 Å². The first-order chi connectivity index (χ1) is 8.63. The number of ketones is 1. The highest BCUT2D eigenvalue weighted by molar-refractivity contribution is 6.00. The van der Waals surface area contributed by atoms with Crippen molar-refractivity contribution >= 4 is 5.78 Å². The van der Waals surface area contributed by atoms with Gasteiger partial charge < -0.3 is 4.74 Å². The predicted molar refractivity (Wildman–Crippen MR) is 70.6 cm³/mol. The normalized spacial score (nSPS) is 10.7. The molecule has 0 aliphatic carbocycles. The number of rotatable bonds is 7. The second kappa shape index (κ2) is 7.14. The molecule has 0 radical (unpaired) electrons. The molecule has 1 rings (SSSR count). The van der Waals surface area contributed by atoms with Crippen molar-refractivity contribution < 1.29 is 13.9 Å². The molecule has 0 N–H and O–H groups in total. The molecule has 3 heteroatoms. The standard InChI is InChI=1S/C15H21FO2/c1-4-6-11(7-5-2)15(17)13-10-12(16)8-9-14(13)18-3/h8-11H,4-7H2,1-3H3. The molecule has 0 atom stereocenters. The van der Waals surface area contributed by atoms with Crippen molar-refractivity contribution in [2.24, 2.45) is 5.92 Å². The van der Waals surface area contributed by atoms with Crippen LogP contribution in [0.2, 0.25) is 0 Å². The molecule has 0 bridgehead atoms. The maximum absolute atomic E-state index is 13.3. The number of carbonyl (C=O) groups excluding carboxylic acids is 1. The van der Waals surface area contributed by atoms with Gasteiger partial charge in [0, 0.05) is 5.92 Å². The summed E-state index contributed by atoms with van der Waals surface area (Å²) >= 11 is 0. The van der Waals surface area contributed by atoms with Gasteiger partial charge in [0.15, 0.2) is 5.78 Å². The lowest BCUT2D eigenvalue weighted by molar-refractivity contribution is 0.0901. The number of Topliss-reactive ketones (excluding diaryl/α,β-unsaturated/α-hetero) is 1. The quantitative estimate of drug-likeness (QED) is 0.679. The molecule has 100 valence electrons. The summed E-state index contributed by atoms with van der Waals surface area (Å²) in [5, 5.41) is 0. The summed E-state index contributed by atoms with van der Waals surface area (Å²) in [5.41, 5.74) is 0.365. The van der Waals surface area contributed by atoms with Gasteiger partial charge in [-0.1, -0.05) is 26.7 Å². The first-order valence-electron chi connectivity index (χ1n) is 6.51. The monoisotopic (exact) mass is 252 g/mol. The fourth-order valence-electron chi connectivity index (χ4n) is 2.20. The van der Waals surface area contributed by atoms with Gasteiger partial charge in [0.25, 0.3) is 0 Å². The minimum absolute atomic E-state index is 0.00458. The van der Waals surface area contributed by atoms with E-state index < -0.39 is 5.82 Å². The number of methoxy groups -OCH3 is 1. The molecule has 0 aliphatic heterocycles. The summed E-state index contributed by atoms with van der Waals surface area (Å²) in [6.45, 7) is 4.11.